The van der Waals surface area contributed by atoms with Crippen LogP contribution >= 0.6 is 0 Å². The second kappa shape index (κ2) is 11.7. The van der Waals surface area contributed by atoms with Crippen molar-refractivity contribution in [3.05, 3.63) is 42.0 Å². The van der Waals surface area contributed by atoms with Crippen molar-refractivity contribution in [2.75, 3.05) is 26.0 Å². The first-order chi connectivity index (χ1) is 19.3. The summed E-state index contributed by atoms with van der Waals surface area (Å²) in [7, 11) is 0.265. The molecule has 3 aromatic rings. The number of carbonyl (C=O) groups excluding carboxylic acids is 2. The van der Waals surface area contributed by atoms with Gasteiger partial charge in [0.25, 0.3) is 11.8 Å². The molecule has 1 fully saturated rings. The predicted octanol–water partition coefficient (Wildman–Crippen LogP) is 3.05. The standard InChI is InChI=1S/C25H34N8O4Si/c1-26-25(35)21-19(13-20(30-31-21)24(34)28-16-9-10-16)29-18-8-6-7-17(22(18)36-2)23-27-14-33(32-23)15-37-11-12-38(3,4)5/h6-8,13-14,16H,9-12,15H2,1-5H3,(H,26,35)(H,28,34)(H,29,30)/i1D3. The molecular formula is C25H34N8O4Si. The highest BCUT2D eigenvalue weighted by Gasteiger charge is 2.26. The van der Waals surface area contributed by atoms with E-state index < -0.39 is 26.9 Å². The summed E-state index contributed by atoms with van der Waals surface area (Å²) < 4.78 is 35.2. The van der Waals surface area contributed by atoms with E-state index in [2.05, 4.69) is 50.6 Å². The van der Waals surface area contributed by atoms with Crippen LogP contribution in [0.25, 0.3) is 11.4 Å². The molecule has 0 spiro atoms. The highest BCUT2D eigenvalue weighted by molar-refractivity contribution is 6.76. The molecule has 38 heavy (non-hydrogen) atoms. The zero-order chi connectivity index (χ0) is 29.8. The number of para-hydroxylation sites is 1. The molecule has 1 aliphatic rings. The van der Waals surface area contributed by atoms with E-state index in [0.29, 0.717) is 29.4 Å². The molecule has 0 saturated heterocycles. The van der Waals surface area contributed by atoms with Crippen molar-refractivity contribution in [3.63, 3.8) is 0 Å². The van der Waals surface area contributed by atoms with Crippen molar-refractivity contribution in [1.82, 2.24) is 35.6 Å². The Hall–Kier alpha value is -3.84. The van der Waals surface area contributed by atoms with Crippen molar-refractivity contribution < 1.29 is 23.2 Å². The number of benzene rings is 1. The number of methoxy groups -OCH3 is 1. The third-order valence-electron chi connectivity index (χ3n) is 5.75. The summed E-state index contributed by atoms with van der Waals surface area (Å²) in [6.07, 6.45) is 3.32. The summed E-state index contributed by atoms with van der Waals surface area (Å²) in [6, 6.07) is 7.66. The maximum absolute atomic E-state index is 12.8. The van der Waals surface area contributed by atoms with Crippen LogP contribution in [0.5, 0.6) is 5.75 Å². The summed E-state index contributed by atoms with van der Waals surface area (Å²) in [5.41, 5.74) is 0.675. The lowest BCUT2D eigenvalue weighted by atomic mass is 10.1. The van der Waals surface area contributed by atoms with Gasteiger partial charge in [-0.2, -0.15) is 0 Å². The van der Waals surface area contributed by atoms with E-state index >= 15 is 0 Å². The molecule has 1 aliphatic carbocycles. The molecule has 2 aromatic heterocycles. The number of nitrogens with one attached hydrogen (secondary N) is 3. The molecule has 0 radical (unpaired) electrons. The van der Waals surface area contributed by atoms with Crippen molar-refractivity contribution in [2.24, 2.45) is 0 Å². The number of hydrogen-bond acceptors (Lipinski definition) is 9. The Morgan fingerprint density at radius 1 is 1.18 bits per heavy atom. The summed E-state index contributed by atoms with van der Waals surface area (Å²) in [6.45, 7) is 5.00. The Kier molecular flexibility index (Phi) is 7.16. The normalized spacial score (nSPS) is 14.7. The zero-order valence-corrected chi connectivity index (χ0v) is 22.9. The van der Waals surface area contributed by atoms with Gasteiger partial charge in [0.1, 0.15) is 13.1 Å². The molecule has 12 nitrogen and oxygen atoms in total. The van der Waals surface area contributed by atoms with Crippen molar-refractivity contribution in [2.45, 2.75) is 51.3 Å². The number of rotatable bonds is 12. The van der Waals surface area contributed by atoms with Gasteiger partial charge in [-0.3, -0.25) is 9.59 Å². The van der Waals surface area contributed by atoms with Crippen LogP contribution in [0.1, 0.15) is 37.9 Å². The Bertz CT molecular complexity index is 1410. The van der Waals surface area contributed by atoms with Crippen LogP contribution in [0.2, 0.25) is 25.7 Å². The number of anilines is 2. The van der Waals surface area contributed by atoms with E-state index in [4.69, 9.17) is 13.6 Å². The van der Waals surface area contributed by atoms with Gasteiger partial charge in [0.2, 0.25) is 0 Å². The Labute approximate surface area is 226 Å². The van der Waals surface area contributed by atoms with Crippen LogP contribution < -0.4 is 20.7 Å². The molecule has 0 atom stereocenters. The van der Waals surface area contributed by atoms with Crippen LogP contribution in [-0.4, -0.2) is 71.6 Å². The molecule has 3 N–H and O–H groups in total. The van der Waals surface area contributed by atoms with Gasteiger partial charge in [-0.05, 0) is 37.1 Å². The zero-order valence-electron chi connectivity index (χ0n) is 24.9. The molecule has 0 aliphatic heterocycles. The molecule has 2 amide bonds. The van der Waals surface area contributed by atoms with Gasteiger partial charge in [-0.15, -0.1) is 15.3 Å². The third kappa shape index (κ3) is 6.92. The number of aromatic nitrogens is 5. The van der Waals surface area contributed by atoms with Gasteiger partial charge in [-0.25, -0.2) is 9.67 Å². The number of amides is 2. The van der Waals surface area contributed by atoms with Crippen LogP contribution in [0, 0.1) is 0 Å². The molecule has 2 heterocycles. The largest absolute Gasteiger partial charge is 0.494 e. The number of ether oxygens (including phenoxy) is 2. The van der Waals surface area contributed by atoms with Gasteiger partial charge in [0.15, 0.2) is 23.0 Å². The lowest BCUT2D eigenvalue weighted by molar-refractivity contribution is 0.0784. The fraction of sp³-hybridized carbons (Fsp3) is 0.440. The average Bonchev–Trinajstić information content (AvgIpc) is 3.58. The first-order valence-corrected chi connectivity index (χ1v) is 16.0. The molecule has 4 rings (SSSR count). The fourth-order valence-corrected chi connectivity index (χ4v) is 4.26. The molecule has 1 saturated carbocycles. The maximum Gasteiger partial charge on any atom is 0.273 e. The van der Waals surface area contributed by atoms with Crippen LogP contribution in [0.15, 0.2) is 30.6 Å². The molecule has 0 unspecified atom stereocenters. The lowest BCUT2D eigenvalue weighted by Crippen LogP contribution is -2.28. The van der Waals surface area contributed by atoms with Crippen LogP contribution in [0.3, 0.4) is 0 Å². The Balaban J connectivity index is 1.61. The molecular weight excluding hydrogens is 504 g/mol. The van der Waals surface area contributed by atoms with Crippen molar-refractivity contribution in [3.8, 4) is 17.1 Å². The van der Waals surface area contributed by atoms with Gasteiger partial charge in [0.05, 0.1) is 24.0 Å². The van der Waals surface area contributed by atoms with E-state index in [0.717, 1.165) is 18.9 Å². The van der Waals surface area contributed by atoms with Crippen LogP contribution in [-0.2, 0) is 11.5 Å². The van der Waals surface area contributed by atoms with E-state index in [1.165, 1.54) is 13.2 Å². The first kappa shape index (κ1) is 23.3. The smallest absolute Gasteiger partial charge is 0.273 e. The van der Waals surface area contributed by atoms with Crippen LogP contribution in [0.4, 0.5) is 11.4 Å². The van der Waals surface area contributed by atoms with Gasteiger partial charge in [-0.1, -0.05) is 25.7 Å². The Morgan fingerprint density at radius 3 is 2.71 bits per heavy atom. The Morgan fingerprint density at radius 2 is 2.00 bits per heavy atom. The SMILES string of the molecule is [2H]C([2H])([2H])NC(=O)c1nnc(C(=O)NC2CC2)cc1Nc1cccc(-c2ncn(COCC[Si](C)(C)C)n2)c1OC. The summed E-state index contributed by atoms with van der Waals surface area (Å²) in [5, 5.41) is 20.0. The van der Waals surface area contributed by atoms with Gasteiger partial charge < -0.3 is 25.4 Å². The fourth-order valence-electron chi connectivity index (χ4n) is 3.51. The van der Waals surface area contributed by atoms with E-state index in [1.54, 1.807) is 29.2 Å². The minimum atomic E-state index is -2.75. The summed E-state index contributed by atoms with van der Waals surface area (Å²) >= 11 is 0. The topological polar surface area (TPSA) is 145 Å². The number of carbonyl (C=O) groups is 2. The minimum absolute atomic E-state index is 0.0329. The number of hydrogen-bond donors (Lipinski definition) is 3. The second-order valence-corrected chi connectivity index (χ2v) is 15.8. The molecule has 1 aromatic carbocycles. The average molecular weight is 542 g/mol. The monoisotopic (exact) mass is 541 g/mol. The summed E-state index contributed by atoms with van der Waals surface area (Å²) in [5.74, 6) is -0.697. The second-order valence-electron chi connectivity index (χ2n) is 10.2. The first-order valence-electron chi connectivity index (χ1n) is 13.8. The lowest BCUT2D eigenvalue weighted by Gasteiger charge is -2.16. The van der Waals surface area contributed by atoms with E-state index in [1.807, 2.05) is 5.32 Å². The summed E-state index contributed by atoms with van der Waals surface area (Å²) in [4.78, 5) is 29.8. The quantitative estimate of drug-likeness (QED) is 0.233. The van der Waals surface area contributed by atoms with Crippen molar-refractivity contribution in [1.29, 1.82) is 0 Å². The molecule has 0 bridgehead atoms. The highest BCUT2D eigenvalue weighted by Crippen LogP contribution is 2.37. The van der Waals surface area contributed by atoms with E-state index in [-0.39, 0.29) is 29.8 Å². The minimum Gasteiger partial charge on any atom is -0.494 e. The van der Waals surface area contributed by atoms with Gasteiger partial charge in [0, 0.05) is 31.8 Å². The molecule has 202 valence electrons. The third-order valence-corrected chi connectivity index (χ3v) is 7.46. The maximum atomic E-state index is 12.8. The highest BCUT2D eigenvalue weighted by atomic mass is 28.3. The van der Waals surface area contributed by atoms with Crippen molar-refractivity contribution >= 4 is 31.3 Å². The number of nitrogens with zero attached hydrogens (tertiary/aromatic N) is 5. The van der Waals surface area contributed by atoms with E-state index in [9.17, 15) is 9.59 Å². The predicted molar refractivity (Wildman–Crippen MR) is 145 cm³/mol. The van der Waals surface area contributed by atoms with Gasteiger partial charge >= 0.3 is 0 Å². The molecule has 13 heteroatoms.